The maximum Gasteiger partial charge on any atom is 0.317 e. The molecule has 0 amide bonds. The van der Waals surface area contributed by atoms with Crippen molar-refractivity contribution in [1.29, 1.82) is 0 Å². The molecule has 0 N–H and O–H groups in total. The van der Waals surface area contributed by atoms with Crippen molar-refractivity contribution in [3.8, 4) is 5.75 Å². The highest BCUT2D eigenvalue weighted by atomic mass is 16.5. The Morgan fingerprint density at radius 3 is 2.30 bits per heavy atom. The number of aryl methyl sites for hydroxylation is 2. The number of ether oxygens (including phenoxy) is 2. The van der Waals surface area contributed by atoms with Gasteiger partial charge in [-0.1, -0.05) is 47.5 Å². The summed E-state index contributed by atoms with van der Waals surface area (Å²) in [6.45, 7) is 4.09. The molecular weight excluding hydrogens is 288 g/mol. The van der Waals surface area contributed by atoms with E-state index in [1.807, 2.05) is 25.1 Å². The maximum absolute atomic E-state index is 12.6. The largest absolute Gasteiger partial charge is 0.496 e. The summed E-state index contributed by atoms with van der Waals surface area (Å²) in [5.74, 6) is 0.689. The number of esters is 1. The zero-order valence-electron chi connectivity index (χ0n) is 14.1. The van der Waals surface area contributed by atoms with Crippen molar-refractivity contribution >= 4 is 5.97 Å². The van der Waals surface area contributed by atoms with Gasteiger partial charge in [0.15, 0.2) is 0 Å². The van der Waals surface area contributed by atoms with Crippen molar-refractivity contribution in [2.75, 3.05) is 14.2 Å². The van der Waals surface area contributed by atoms with E-state index in [4.69, 9.17) is 9.47 Å². The van der Waals surface area contributed by atoms with E-state index < -0.39 is 5.41 Å². The molecule has 0 heterocycles. The van der Waals surface area contributed by atoms with Crippen molar-refractivity contribution < 1.29 is 14.3 Å². The highest BCUT2D eigenvalue weighted by Crippen LogP contribution is 2.63. The van der Waals surface area contributed by atoms with Crippen molar-refractivity contribution in [2.24, 2.45) is 0 Å². The summed E-state index contributed by atoms with van der Waals surface area (Å²) in [6.07, 6.45) is 0.753. The number of rotatable bonds is 4. The van der Waals surface area contributed by atoms with Gasteiger partial charge in [-0.05, 0) is 31.9 Å². The first-order valence-electron chi connectivity index (χ1n) is 7.83. The molecule has 0 unspecified atom stereocenters. The first-order chi connectivity index (χ1) is 11.0. The number of methoxy groups -OCH3 is 2. The molecule has 1 saturated carbocycles. The van der Waals surface area contributed by atoms with Crippen LogP contribution in [0.15, 0.2) is 42.5 Å². The summed E-state index contributed by atoms with van der Waals surface area (Å²) >= 11 is 0. The highest BCUT2D eigenvalue weighted by molar-refractivity contribution is 5.90. The van der Waals surface area contributed by atoms with Crippen LogP contribution in [0.25, 0.3) is 0 Å². The number of hydrogen-bond acceptors (Lipinski definition) is 3. The third-order valence-electron chi connectivity index (χ3n) is 4.83. The van der Waals surface area contributed by atoms with Crippen LogP contribution in [0, 0.1) is 13.8 Å². The first kappa shape index (κ1) is 15.6. The van der Waals surface area contributed by atoms with E-state index in [0.717, 1.165) is 23.3 Å². The molecule has 0 aliphatic heterocycles. The lowest BCUT2D eigenvalue weighted by atomic mass is 9.88. The Kier molecular flexibility index (Phi) is 3.88. The first-order valence-corrected chi connectivity index (χ1v) is 7.83. The summed E-state index contributed by atoms with van der Waals surface area (Å²) in [6, 6.07) is 14.4. The standard InChI is InChI=1S/C20H22O3/c1-13-5-8-15(9-6-13)17-12-20(17,19(21)23-4)16-11-14(2)7-10-18(16)22-3/h5-11,17H,12H2,1-4H3/t17-,20-/m0/s1. The van der Waals surface area contributed by atoms with Crippen LogP contribution in [0.5, 0.6) is 5.75 Å². The van der Waals surface area contributed by atoms with E-state index in [0.29, 0.717) is 0 Å². The maximum atomic E-state index is 12.6. The topological polar surface area (TPSA) is 35.5 Å². The zero-order valence-corrected chi connectivity index (χ0v) is 14.1. The van der Waals surface area contributed by atoms with Crippen molar-refractivity contribution in [1.82, 2.24) is 0 Å². The summed E-state index contributed by atoms with van der Waals surface area (Å²) in [5.41, 5.74) is 3.79. The molecule has 1 aliphatic rings. The lowest BCUT2D eigenvalue weighted by Crippen LogP contribution is -2.25. The van der Waals surface area contributed by atoms with Crippen LogP contribution in [-0.4, -0.2) is 20.2 Å². The molecule has 3 heteroatoms. The minimum Gasteiger partial charge on any atom is -0.496 e. The lowest BCUT2D eigenvalue weighted by Gasteiger charge is -2.19. The van der Waals surface area contributed by atoms with Crippen LogP contribution in [0.1, 0.15) is 34.6 Å². The molecule has 2 aromatic carbocycles. The molecular formula is C20H22O3. The van der Waals surface area contributed by atoms with Gasteiger partial charge in [-0.3, -0.25) is 4.79 Å². The van der Waals surface area contributed by atoms with Crippen LogP contribution in [0.2, 0.25) is 0 Å². The predicted octanol–water partition coefficient (Wildman–Crippen LogP) is 3.91. The Hall–Kier alpha value is -2.29. The molecule has 2 aromatic rings. The molecule has 3 rings (SSSR count). The van der Waals surface area contributed by atoms with E-state index in [1.54, 1.807) is 7.11 Å². The predicted molar refractivity (Wildman–Crippen MR) is 90.0 cm³/mol. The Morgan fingerprint density at radius 1 is 1.04 bits per heavy atom. The van der Waals surface area contributed by atoms with Crippen LogP contribution >= 0.6 is 0 Å². The molecule has 1 fully saturated rings. The second kappa shape index (κ2) is 5.73. The van der Waals surface area contributed by atoms with E-state index in [2.05, 4.69) is 31.2 Å². The molecule has 0 radical (unpaired) electrons. The van der Waals surface area contributed by atoms with Gasteiger partial charge in [-0.15, -0.1) is 0 Å². The lowest BCUT2D eigenvalue weighted by molar-refractivity contribution is -0.143. The van der Waals surface area contributed by atoms with Crippen LogP contribution in [-0.2, 0) is 14.9 Å². The van der Waals surface area contributed by atoms with Crippen molar-refractivity contribution in [2.45, 2.75) is 31.6 Å². The highest BCUT2D eigenvalue weighted by Gasteiger charge is 2.63. The minimum atomic E-state index is -0.638. The number of benzene rings is 2. The van der Waals surface area contributed by atoms with Gasteiger partial charge in [-0.2, -0.15) is 0 Å². The van der Waals surface area contributed by atoms with Gasteiger partial charge >= 0.3 is 5.97 Å². The molecule has 0 spiro atoms. The average Bonchev–Trinajstić information content (AvgIpc) is 3.31. The number of carbonyl (C=O) groups is 1. The van der Waals surface area contributed by atoms with Crippen LogP contribution < -0.4 is 4.74 Å². The van der Waals surface area contributed by atoms with Gasteiger partial charge in [0.1, 0.15) is 11.2 Å². The molecule has 3 nitrogen and oxygen atoms in total. The second-order valence-corrected chi connectivity index (χ2v) is 6.33. The van der Waals surface area contributed by atoms with E-state index in [1.165, 1.54) is 18.2 Å². The minimum absolute atomic E-state index is 0.131. The Bertz CT molecular complexity index is 733. The van der Waals surface area contributed by atoms with Gasteiger partial charge in [0.2, 0.25) is 0 Å². The third-order valence-corrected chi connectivity index (χ3v) is 4.83. The second-order valence-electron chi connectivity index (χ2n) is 6.33. The molecule has 120 valence electrons. The summed E-state index contributed by atoms with van der Waals surface area (Å²) < 4.78 is 10.7. The number of hydrogen-bond donors (Lipinski definition) is 0. The Balaban J connectivity index is 2.09. The monoisotopic (exact) mass is 310 g/mol. The molecule has 1 aliphatic carbocycles. The van der Waals surface area contributed by atoms with Gasteiger partial charge < -0.3 is 9.47 Å². The quantitative estimate of drug-likeness (QED) is 0.803. The third kappa shape index (κ3) is 2.50. The summed E-state index contributed by atoms with van der Waals surface area (Å²) in [4.78, 5) is 12.6. The molecule has 0 bridgehead atoms. The van der Waals surface area contributed by atoms with E-state index in [-0.39, 0.29) is 11.9 Å². The smallest absolute Gasteiger partial charge is 0.317 e. The van der Waals surface area contributed by atoms with Crippen LogP contribution in [0.4, 0.5) is 0 Å². The molecule has 0 aromatic heterocycles. The average molecular weight is 310 g/mol. The molecule has 23 heavy (non-hydrogen) atoms. The van der Waals surface area contributed by atoms with Gasteiger partial charge in [0.25, 0.3) is 0 Å². The fourth-order valence-electron chi connectivity index (χ4n) is 3.45. The molecule has 2 atom stereocenters. The Labute approximate surface area is 137 Å². The Morgan fingerprint density at radius 2 is 1.70 bits per heavy atom. The van der Waals surface area contributed by atoms with Crippen molar-refractivity contribution in [3.05, 3.63) is 64.7 Å². The fraction of sp³-hybridized carbons (Fsp3) is 0.350. The SMILES string of the molecule is COC(=O)[C@]1(c2cc(C)ccc2OC)C[C@H]1c1ccc(C)cc1. The summed E-state index contributed by atoms with van der Waals surface area (Å²) in [5, 5.41) is 0. The zero-order chi connectivity index (χ0) is 16.6. The molecule has 0 saturated heterocycles. The van der Waals surface area contributed by atoms with Gasteiger partial charge in [0, 0.05) is 11.5 Å². The van der Waals surface area contributed by atoms with E-state index >= 15 is 0 Å². The van der Waals surface area contributed by atoms with Crippen LogP contribution in [0.3, 0.4) is 0 Å². The van der Waals surface area contributed by atoms with E-state index in [9.17, 15) is 4.79 Å². The normalized spacial score (nSPS) is 22.5. The fourth-order valence-corrected chi connectivity index (χ4v) is 3.45. The van der Waals surface area contributed by atoms with Gasteiger partial charge in [0.05, 0.1) is 14.2 Å². The summed E-state index contributed by atoms with van der Waals surface area (Å²) in [7, 11) is 3.10. The van der Waals surface area contributed by atoms with Gasteiger partial charge in [-0.25, -0.2) is 0 Å². The number of carbonyl (C=O) groups excluding carboxylic acids is 1. The van der Waals surface area contributed by atoms with Crippen molar-refractivity contribution in [3.63, 3.8) is 0 Å².